The standard InChI is InChI=1S/C21H25N5O5S/c1-4-31-21(28)15-7-9-16(10-8-15)22-20(27)6-5-13-26-19-12-11-17(14-18(19)23-24-26)32(29,30)25(2)3/h7-12,14H,4-6,13H2,1-3H3,(H,22,27). The van der Waals surface area contributed by atoms with Gasteiger partial charge < -0.3 is 10.1 Å². The number of ether oxygens (including phenoxy) is 1. The highest BCUT2D eigenvalue weighted by molar-refractivity contribution is 7.89. The van der Waals surface area contributed by atoms with Crippen LogP contribution in [0.1, 0.15) is 30.1 Å². The fourth-order valence-electron chi connectivity index (χ4n) is 3.01. The summed E-state index contributed by atoms with van der Waals surface area (Å²) in [5, 5.41) is 10.9. The second-order valence-corrected chi connectivity index (χ2v) is 9.35. The van der Waals surface area contributed by atoms with Gasteiger partial charge in [0.25, 0.3) is 0 Å². The normalized spacial score (nSPS) is 11.6. The third kappa shape index (κ3) is 5.29. The molecule has 1 aromatic heterocycles. The second kappa shape index (κ2) is 9.88. The maximum atomic E-state index is 12.3. The molecule has 1 heterocycles. The van der Waals surface area contributed by atoms with Gasteiger partial charge in [0.1, 0.15) is 5.52 Å². The van der Waals surface area contributed by atoms with Crippen LogP contribution < -0.4 is 5.32 Å². The van der Waals surface area contributed by atoms with E-state index in [2.05, 4.69) is 15.6 Å². The first-order chi connectivity index (χ1) is 15.2. The third-order valence-electron chi connectivity index (χ3n) is 4.72. The average molecular weight is 460 g/mol. The lowest BCUT2D eigenvalue weighted by Gasteiger charge is -2.11. The molecular formula is C21H25N5O5S. The van der Waals surface area contributed by atoms with Crippen molar-refractivity contribution >= 4 is 38.6 Å². The summed E-state index contributed by atoms with van der Waals surface area (Å²) in [5.41, 5.74) is 2.17. The van der Waals surface area contributed by atoms with Gasteiger partial charge in [-0.05, 0) is 55.8 Å². The number of esters is 1. The number of aromatic nitrogens is 3. The number of sulfonamides is 1. The molecule has 0 atom stereocenters. The van der Waals surface area contributed by atoms with Crippen molar-refractivity contribution in [2.45, 2.75) is 31.2 Å². The summed E-state index contributed by atoms with van der Waals surface area (Å²) in [4.78, 5) is 24.0. The minimum atomic E-state index is -3.55. The lowest BCUT2D eigenvalue weighted by Crippen LogP contribution is -2.22. The molecule has 0 radical (unpaired) electrons. The van der Waals surface area contributed by atoms with Crippen molar-refractivity contribution in [3.8, 4) is 0 Å². The van der Waals surface area contributed by atoms with Gasteiger partial charge in [0, 0.05) is 32.7 Å². The summed E-state index contributed by atoms with van der Waals surface area (Å²) in [6.07, 6.45) is 0.775. The molecule has 0 unspecified atom stereocenters. The molecule has 0 saturated heterocycles. The number of nitrogens with one attached hydrogen (secondary N) is 1. The van der Waals surface area contributed by atoms with Crippen LogP contribution in [0.2, 0.25) is 0 Å². The Morgan fingerprint density at radius 3 is 2.50 bits per heavy atom. The first kappa shape index (κ1) is 23.4. The van der Waals surface area contributed by atoms with Crippen LogP contribution >= 0.6 is 0 Å². The molecule has 0 saturated carbocycles. The Kier molecular flexibility index (Phi) is 7.21. The minimum Gasteiger partial charge on any atom is -0.462 e. The number of amides is 1. The molecule has 0 aliphatic rings. The van der Waals surface area contributed by atoms with Gasteiger partial charge in [-0.1, -0.05) is 5.21 Å². The lowest BCUT2D eigenvalue weighted by atomic mass is 10.2. The number of carbonyl (C=O) groups excluding carboxylic acids is 2. The summed E-state index contributed by atoms with van der Waals surface area (Å²) < 4.78 is 32.2. The van der Waals surface area contributed by atoms with Crippen LogP contribution in [0, 0.1) is 0 Å². The Hall–Kier alpha value is -3.31. The molecular weight excluding hydrogens is 434 g/mol. The Labute approximate surface area is 186 Å². The van der Waals surface area contributed by atoms with E-state index in [1.165, 1.54) is 26.2 Å². The van der Waals surface area contributed by atoms with Gasteiger partial charge in [-0.2, -0.15) is 0 Å². The summed E-state index contributed by atoms with van der Waals surface area (Å²) in [6.45, 7) is 2.49. The predicted molar refractivity (Wildman–Crippen MR) is 119 cm³/mol. The molecule has 0 spiro atoms. The number of rotatable bonds is 9. The molecule has 170 valence electrons. The lowest BCUT2D eigenvalue weighted by molar-refractivity contribution is -0.116. The van der Waals surface area contributed by atoms with Crippen LogP contribution in [0.3, 0.4) is 0 Å². The molecule has 0 bridgehead atoms. The Morgan fingerprint density at radius 1 is 1.12 bits per heavy atom. The van der Waals surface area contributed by atoms with Crippen molar-refractivity contribution in [3.63, 3.8) is 0 Å². The fourth-order valence-corrected chi connectivity index (χ4v) is 3.93. The van der Waals surface area contributed by atoms with E-state index >= 15 is 0 Å². The molecule has 1 N–H and O–H groups in total. The quantitative estimate of drug-likeness (QED) is 0.487. The summed E-state index contributed by atoms with van der Waals surface area (Å²) >= 11 is 0. The highest BCUT2D eigenvalue weighted by Crippen LogP contribution is 2.19. The van der Waals surface area contributed by atoms with E-state index in [1.807, 2.05) is 0 Å². The smallest absolute Gasteiger partial charge is 0.338 e. The van der Waals surface area contributed by atoms with E-state index in [0.717, 1.165) is 4.31 Å². The van der Waals surface area contributed by atoms with E-state index in [9.17, 15) is 18.0 Å². The molecule has 3 aromatic rings. The van der Waals surface area contributed by atoms with E-state index in [-0.39, 0.29) is 17.2 Å². The number of hydrogen-bond acceptors (Lipinski definition) is 7. The van der Waals surface area contributed by atoms with Gasteiger partial charge in [-0.25, -0.2) is 22.2 Å². The number of benzene rings is 2. The van der Waals surface area contributed by atoms with Gasteiger partial charge in [0.15, 0.2) is 0 Å². The van der Waals surface area contributed by atoms with E-state index in [1.54, 1.807) is 41.9 Å². The number of carbonyl (C=O) groups is 2. The van der Waals surface area contributed by atoms with Gasteiger partial charge in [0.2, 0.25) is 15.9 Å². The van der Waals surface area contributed by atoms with Crippen molar-refractivity contribution in [2.75, 3.05) is 26.0 Å². The Bertz CT molecular complexity index is 1220. The first-order valence-corrected chi connectivity index (χ1v) is 11.5. The molecule has 0 aliphatic carbocycles. The topological polar surface area (TPSA) is 123 Å². The summed E-state index contributed by atoms with van der Waals surface area (Å²) in [5.74, 6) is -0.575. The summed E-state index contributed by atoms with van der Waals surface area (Å²) in [7, 11) is -0.613. The number of fused-ring (bicyclic) bond motifs is 1. The largest absolute Gasteiger partial charge is 0.462 e. The van der Waals surface area contributed by atoms with Crippen molar-refractivity contribution < 1.29 is 22.7 Å². The van der Waals surface area contributed by atoms with Gasteiger partial charge >= 0.3 is 5.97 Å². The zero-order valence-corrected chi connectivity index (χ0v) is 18.9. The first-order valence-electron chi connectivity index (χ1n) is 10.0. The number of aryl methyl sites for hydroxylation is 1. The maximum absolute atomic E-state index is 12.3. The SMILES string of the molecule is CCOC(=O)c1ccc(NC(=O)CCCn2nnc3cc(S(=O)(=O)N(C)C)ccc32)cc1. The minimum absolute atomic E-state index is 0.149. The van der Waals surface area contributed by atoms with Gasteiger partial charge in [-0.3, -0.25) is 4.79 Å². The van der Waals surface area contributed by atoms with Crippen molar-refractivity contribution in [1.82, 2.24) is 19.3 Å². The predicted octanol–water partition coefficient (Wildman–Crippen LogP) is 2.28. The maximum Gasteiger partial charge on any atom is 0.338 e. The van der Waals surface area contributed by atoms with Crippen LogP contribution in [0.25, 0.3) is 11.0 Å². The molecule has 1 amide bonds. The number of anilines is 1. The van der Waals surface area contributed by atoms with Crippen LogP contribution in [-0.4, -0.2) is 60.3 Å². The van der Waals surface area contributed by atoms with Crippen molar-refractivity contribution in [2.24, 2.45) is 0 Å². The molecule has 3 rings (SSSR count). The molecule has 2 aromatic carbocycles. The van der Waals surface area contributed by atoms with E-state index < -0.39 is 16.0 Å². The number of hydrogen-bond donors (Lipinski definition) is 1. The summed E-state index contributed by atoms with van der Waals surface area (Å²) in [6, 6.07) is 11.2. The highest BCUT2D eigenvalue weighted by atomic mass is 32.2. The molecule has 11 heteroatoms. The van der Waals surface area contributed by atoms with Crippen LogP contribution in [0.5, 0.6) is 0 Å². The Morgan fingerprint density at radius 2 is 1.84 bits per heavy atom. The molecule has 0 aliphatic heterocycles. The average Bonchev–Trinajstić information content (AvgIpc) is 3.16. The Balaban J connectivity index is 1.56. The van der Waals surface area contributed by atoms with E-state index in [0.29, 0.717) is 41.9 Å². The highest BCUT2D eigenvalue weighted by Gasteiger charge is 2.18. The zero-order valence-electron chi connectivity index (χ0n) is 18.1. The van der Waals surface area contributed by atoms with Crippen LogP contribution in [0.4, 0.5) is 5.69 Å². The van der Waals surface area contributed by atoms with E-state index in [4.69, 9.17) is 4.74 Å². The van der Waals surface area contributed by atoms with Crippen LogP contribution in [-0.2, 0) is 26.1 Å². The number of nitrogens with zero attached hydrogens (tertiary/aromatic N) is 4. The second-order valence-electron chi connectivity index (χ2n) is 7.20. The molecule has 32 heavy (non-hydrogen) atoms. The fraction of sp³-hybridized carbons (Fsp3) is 0.333. The molecule has 0 fully saturated rings. The van der Waals surface area contributed by atoms with Crippen molar-refractivity contribution in [3.05, 3.63) is 48.0 Å². The van der Waals surface area contributed by atoms with Gasteiger partial charge in [-0.15, -0.1) is 5.10 Å². The monoisotopic (exact) mass is 459 g/mol. The van der Waals surface area contributed by atoms with Crippen molar-refractivity contribution in [1.29, 1.82) is 0 Å². The molecule has 10 nitrogen and oxygen atoms in total. The van der Waals surface area contributed by atoms with Gasteiger partial charge in [0.05, 0.1) is 22.6 Å². The third-order valence-corrected chi connectivity index (χ3v) is 6.53. The zero-order chi connectivity index (χ0) is 23.3. The van der Waals surface area contributed by atoms with Crippen LogP contribution in [0.15, 0.2) is 47.4 Å².